The van der Waals surface area contributed by atoms with Crippen molar-refractivity contribution in [3.8, 4) is 11.4 Å². The number of carbonyl (C=O) groups is 1. The minimum Gasteiger partial charge on any atom is -0.363 e. The van der Waals surface area contributed by atoms with Gasteiger partial charge in [-0.2, -0.15) is 0 Å². The van der Waals surface area contributed by atoms with E-state index < -0.39 is 0 Å². The first-order chi connectivity index (χ1) is 15.5. The first-order valence-corrected chi connectivity index (χ1v) is 11.0. The van der Waals surface area contributed by atoms with Gasteiger partial charge in [-0.05, 0) is 49.1 Å². The fourth-order valence-corrected chi connectivity index (χ4v) is 4.04. The number of anilines is 1. The quantitative estimate of drug-likeness (QED) is 0.586. The van der Waals surface area contributed by atoms with Gasteiger partial charge in [0.15, 0.2) is 5.82 Å². The highest BCUT2D eigenvalue weighted by Gasteiger charge is 2.25. The number of likely N-dealkylation sites (tertiary alicyclic amines) is 1. The maximum absolute atomic E-state index is 13.4. The van der Waals surface area contributed by atoms with E-state index in [1.165, 1.54) is 12.1 Å². The average molecular weight is 434 g/mol. The van der Waals surface area contributed by atoms with Gasteiger partial charge in [0.25, 0.3) is 0 Å². The maximum atomic E-state index is 13.4. The molecule has 1 aromatic carbocycles. The van der Waals surface area contributed by atoms with Crippen LogP contribution in [-0.2, 0) is 11.2 Å². The van der Waals surface area contributed by atoms with Crippen molar-refractivity contribution in [1.29, 1.82) is 0 Å². The number of nitrogens with zero attached hydrogens (tertiary/aromatic N) is 5. The fraction of sp³-hybridized carbons (Fsp3) is 0.360. The molecular formula is C25H28FN5O. The molecule has 7 heteroatoms. The molecule has 0 spiro atoms. The topological polar surface area (TPSA) is 62.2 Å². The van der Waals surface area contributed by atoms with Crippen LogP contribution < -0.4 is 4.90 Å². The van der Waals surface area contributed by atoms with E-state index in [-0.39, 0.29) is 17.6 Å². The third-order valence-corrected chi connectivity index (χ3v) is 5.89. The highest BCUT2D eigenvalue weighted by atomic mass is 19.1. The van der Waals surface area contributed by atoms with Gasteiger partial charge in [0.05, 0.1) is 0 Å². The summed E-state index contributed by atoms with van der Waals surface area (Å²) in [5.74, 6) is 1.68. The number of halogens is 1. The van der Waals surface area contributed by atoms with Crippen molar-refractivity contribution in [3.05, 3.63) is 71.9 Å². The smallest absolute Gasteiger partial charge is 0.222 e. The van der Waals surface area contributed by atoms with Crippen molar-refractivity contribution < 1.29 is 9.18 Å². The van der Waals surface area contributed by atoms with Gasteiger partial charge in [-0.25, -0.2) is 14.4 Å². The lowest BCUT2D eigenvalue weighted by Gasteiger charge is -2.32. The van der Waals surface area contributed by atoms with Gasteiger partial charge in [0.2, 0.25) is 5.91 Å². The SMILES string of the molecule is CN(C)c1cc(C2CCN(C(=O)CCc3cccc(F)c3)CC2)nc(-c2cccnc2)n1. The minimum absolute atomic E-state index is 0.125. The molecule has 0 aliphatic carbocycles. The number of benzene rings is 1. The normalized spacial score (nSPS) is 14.4. The van der Waals surface area contributed by atoms with Crippen molar-refractivity contribution in [2.75, 3.05) is 32.1 Å². The van der Waals surface area contributed by atoms with E-state index in [1.807, 2.05) is 48.2 Å². The van der Waals surface area contributed by atoms with Crippen LogP contribution in [0.4, 0.5) is 10.2 Å². The Labute approximate surface area is 188 Å². The van der Waals surface area contributed by atoms with Gasteiger partial charge in [0, 0.05) is 69.2 Å². The Morgan fingerprint density at radius 1 is 1.12 bits per heavy atom. The summed E-state index contributed by atoms with van der Waals surface area (Å²) in [6.45, 7) is 1.41. The molecule has 1 saturated heterocycles. The Hall–Kier alpha value is -3.35. The summed E-state index contributed by atoms with van der Waals surface area (Å²) in [7, 11) is 3.94. The molecule has 4 rings (SSSR count). The van der Waals surface area contributed by atoms with E-state index >= 15 is 0 Å². The lowest BCUT2D eigenvalue weighted by molar-refractivity contribution is -0.132. The standard InChI is InChI=1S/C25H28FN5O/c1-30(2)23-16-22(28-25(29-23)20-6-4-12-27-17-20)19-10-13-31(14-11-19)24(32)9-8-18-5-3-7-21(26)15-18/h3-7,12,15-17,19H,8-11,13-14H2,1-2H3. The second kappa shape index (κ2) is 9.85. The number of amides is 1. The molecule has 1 fully saturated rings. The summed E-state index contributed by atoms with van der Waals surface area (Å²) in [5, 5.41) is 0. The molecule has 1 aliphatic heterocycles. The molecule has 3 aromatic rings. The van der Waals surface area contributed by atoms with Gasteiger partial charge in [-0.1, -0.05) is 12.1 Å². The Balaban J connectivity index is 1.41. The van der Waals surface area contributed by atoms with Crippen LogP contribution in [0.3, 0.4) is 0 Å². The highest BCUT2D eigenvalue weighted by molar-refractivity contribution is 5.76. The summed E-state index contributed by atoms with van der Waals surface area (Å²) < 4.78 is 13.4. The largest absolute Gasteiger partial charge is 0.363 e. The molecule has 0 saturated carbocycles. The maximum Gasteiger partial charge on any atom is 0.222 e. The first kappa shape index (κ1) is 21.9. The van der Waals surface area contributed by atoms with Crippen LogP contribution in [0.1, 0.15) is 36.4 Å². The zero-order valence-electron chi connectivity index (χ0n) is 18.5. The van der Waals surface area contributed by atoms with Crippen LogP contribution in [0.25, 0.3) is 11.4 Å². The van der Waals surface area contributed by atoms with Crippen LogP contribution in [0.15, 0.2) is 54.9 Å². The van der Waals surface area contributed by atoms with Gasteiger partial charge in [0.1, 0.15) is 11.6 Å². The van der Waals surface area contributed by atoms with E-state index in [1.54, 1.807) is 18.5 Å². The van der Waals surface area contributed by atoms with Crippen molar-refractivity contribution in [3.63, 3.8) is 0 Å². The molecule has 166 valence electrons. The number of hydrogen-bond donors (Lipinski definition) is 0. The number of rotatable bonds is 6. The predicted molar refractivity (Wildman–Crippen MR) is 123 cm³/mol. The fourth-order valence-electron chi connectivity index (χ4n) is 4.04. The van der Waals surface area contributed by atoms with Gasteiger partial charge in [-0.15, -0.1) is 0 Å². The van der Waals surface area contributed by atoms with Crippen LogP contribution in [0.2, 0.25) is 0 Å². The van der Waals surface area contributed by atoms with Crippen LogP contribution in [0.5, 0.6) is 0 Å². The summed E-state index contributed by atoms with van der Waals surface area (Å²) in [5.41, 5.74) is 2.75. The zero-order valence-corrected chi connectivity index (χ0v) is 18.5. The third kappa shape index (κ3) is 5.28. The van der Waals surface area contributed by atoms with Crippen molar-refractivity contribution in [2.45, 2.75) is 31.6 Å². The molecule has 1 amide bonds. The van der Waals surface area contributed by atoms with Crippen LogP contribution in [0, 0.1) is 5.82 Å². The van der Waals surface area contributed by atoms with Crippen molar-refractivity contribution in [2.24, 2.45) is 0 Å². The predicted octanol–water partition coefficient (Wildman–Crippen LogP) is 4.08. The molecular weight excluding hydrogens is 405 g/mol. The molecule has 0 atom stereocenters. The van der Waals surface area contributed by atoms with E-state index in [9.17, 15) is 9.18 Å². The average Bonchev–Trinajstić information content (AvgIpc) is 2.83. The molecule has 2 aromatic heterocycles. The highest BCUT2D eigenvalue weighted by Crippen LogP contribution is 2.30. The molecule has 3 heterocycles. The number of carbonyl (C=O) groups excluding carboxylic acids is 1. The summed E-state index contributed by atoms with van der Waals surface area (Å²) in [6, 6.07) is 12.4. The monoisotopic (exact) mass is 433 g/mol. The Morgan fingerprint density at radius 2 is 1.94 bits per heavy atom. The summed E-state index contributed by atoms with van der Waals surface area (Å²) >= 11 is 0. The number of hydrogen-bond acceptors (Lipinski definition) is 5. The molecule has 0 unspecified atom stereocenters. The molecule has 0 N–H and O–H groups in total. The van der Waals surface area contributed by atoms with Gasteiger partial charge >= 0.3 is 0 Å². The number of pyridine rings is 1. The number of piperidine rings is 1. The third-order valence-electron chi connectivity index (χ3n) is 5.89. The first-order valence-electron chi connectivity index (χ1n) is 11.0. The Bertz CT molecular complexity index is 1060. The molecule has 0 radical (unpaired) electrons. The molecule has 1 aliphatic rings. The summed E-state index contributed by atoms with van der Waals surface area (Å²) in [6.07, 6.45) is 6.20. The Morgan fingerprint density at radius 3 is 2.62 bits per heavy atom. The van der Waals surface area contributed by atoms with Crippen molar-refractivity contribution in [1.82, 2.24) is 19.9 Å². The van der Waals surface area contributed by atoms with Gasteiger partial charge in [-0.3, -0.25) is 9.78 Å². The Kier molecular flexibility index (Phi) is 6.73. The van der Waals surface area contributed by atoms with E-state index in [2.05, 4.69) is 9.97 Å². The van der Waals surface area contributed by atoms with Crippen molar-refractivity contribution >= 4 is 11.7 Å². The lowest BCUT2D eigenvalue weighted by Crippen LogP contribution is -2.38. The molecule has 32 heavy (non-hydrogen) atoms. The van der Waals surface area contributed by atoms with E-state index in [0.717, 1.165) is 35.5 Å². The van der Waals surface area contributed by atoms with Gasteiger partial charge < -0.3 is 9.80 Å². The zero-order chi connectivity index (χ0) is 22.5. The van der Waals surface area contributed by atoms with Crippen LogP contribution in [-0.4, -0.2) is 52.9 Å². The van der Waals surface area contributed by atoms with E-state index in [4.69, 9.17) is 4.98 Å². The van der Waals surface area contributed by atoms with E-state index in [0.29, 0.717) is 31.8 Å². The number of aryl methyl sites for hydroxylation is 1. The minimum atomic E-state index is -0.261. The van der Waals surface area contributed by atoms with Crippen LogP contribution >= 0.6 is 0 Å². The number of aromatic nitrogens is 3. The second-order valence-corrected chi connectivity index (χ2v) is 8.40. The molecule has 6 nitrogen and oxygen atoms in total. The lowest BCUT2D eigenvalue weighted by atomic mass is 9.92. The summed E-state index contributed by atoms with van der Waals surface area (Å²) in [4.78, 5) is 30.3. The second-order valence-electron chi connectivity index (χ2n) is 8.40. The molecule has 0 bridgehead atoms.